The van der Waals surface area contributed by atoms with Crippen molar-refractivity contribution >= 4 is 5.91 Å². The third kappa shape index (κ3) is 3.90. The van der Waals surface area contributed by atoms with Crippen LogP contribution in [-0.4, -0.2) is 22.1 Å². The average Bonchev–Trinajstić information content (AvgIpc) is 3.11. The number of carbonyl (C=O) groups excluding carboxylic acids is 1. The predicted octanol–water partition coefficient (Wildman–Crippen LogP) is 3.83. The van der Waals surface area contributed by atoms with Gasteiger partial charge in [-0.1, -0.05) is 60.7 Å². The lowest BCUT2D eigenvalue weighted by Gasteiger charge is -2.14. The molecule has 2 N–H and O–H groups in total. The molecule has 0 fully saturated rings. The van der Waals surface area contributed by atoms with Gasteiger partial charge in [0.15, 0.2) is 0 Å². The Hall–Kier alpha value is -2.88. The first kappa shape index (κ1) is 16.0. The van der Waals surface area contributed by atoms with Gasteiger partial charge < -0.3 is 5.32 Å². The molecule has 0 aliphatic rings. The Morgan fingerprint density at radius 3 is 2.46 bits per heavy atom. The molecule has 1 amide bonds. The molecule has 1 heterocycles. The van der Waals surface area contributed by atoms with Crippen molar-refractivity contribution in [3.8, 4) is 11.3 Å². The molecule has 0 radical (unpaired) electrons. The van der Waals surface area contributed by atoms with E-state index in [0.29, 0.717) is 5.56 Å². The van der Waals surface area contributed by atoms with E-state index in [1.165, 1.54) is 5.56 Å². The highest BCUT2D eigenvalue weighted by atomic mass is 16.1. The standard InChI is InChI=1S/C20H21N3O/c1-15(12-13-16-8-4-2-5-9-16)22-20(24)18-14-21-23-19(18)17-10-6-3-7-11-17/h2-11,14-15H,12-13H2,1H3,(H,21,23)(H,22,24)/t15-/m1/s1. The lowest BCUT2D eigenvalue weighted by atomic mass is 10.0. The number of benzene rings is 2. The van der Waals surface area contributed by atoms with Gasteiger partial charge in [-0.3, -0.25) is 9.89 Å². The molecule has 0 saturated heterocycles. The summed E-state index contributed by atoms with van der Waals surface area (Å²) in [6.07, 6.45) is 3.43. The summed E-state index contributed by atoms with van der Waals surface area (Å²) < 4.78 is 0. The lowest BCUT2D eigenvalue weighted by molar-refractivity contribution is 0.0939. The fraction of sp³-hybridized carbons (Fsp3) is 0.200. The third-order valence-electron chi connectivity index (χ3n) is 4.03. The minimum atomic E-state index is -0.0943. The Balaban J connectivity index is 1.62. The van der Waals surface area contributed by atoms with E-state index in [-0.39, 0.29) is 11.9 Å². The van der Waals surface area contributed by atoms with E-state index in [2.05, 4.69) is 27.6 Å². The van der Waals surface area contributed by atoms with E-state index in [4.69, 9.17) is 0 Å². The van der Waals surface area contributed by atoms with Crippen LogP contribution in [0.25, 0.3) is 11.3 Å². The van der Waals surface area contributed by atoms with Gasteiger partial charge in [-0.2, -0.15) is 5.10 Å². The number of aromatic nitrogens is 2. The predicted molar refractivity (Wildman–Crippen MR) is 95.7 cm³/mol. The summed E-state index contributed by atoms with van der Waals surface area (Å²) in [5.74, 6) is -0.0943. The van der Waals surface area contributed by atoms with Crippen LogP contribution in [0.5, 0.6) is 0 Å². The number of rotatable bonds is 6. The Morgan fingerprint density at radius 2 is 1.75 bits per heavy atom. The molecule has 24 heavy (non-hydrogen) atoms. The molecule has 0 aliphatic carbocycles. The lowest BCUT2D eigenvalue weighted by Crippen LogP contribution is -2.33. The number of hydrogen-bond donors (Lipinski definition) is 2. The third-order valence-corrected chi connectivity index (χ3v) is 4.03. The topological polar surface area (TPSA) is 57.8 Å². The number of H-pyrrole nitrogens is 1. The molecule has 0 saturated carbocycles. The number of amides is 1. The zero-order chi connectivity index (χ0) is 16.8. The van der Waals surface area contributed by atoms with Crippen molar-refractivity contribution < 1.29 is 4.79 Å². The molecular weight excluding hydrogens is 298 g/mol. The van der Waals surface area contributed by atoms with Gasteiger partial charge in [0.1, 0.15) is 0 Å². The van der Waals surface area contributed by atoms with E-state index >= 15 is 0 Å². The minimum absolute atomic E-state index is 0.0937. The average molecular weight is 319 g/mol. The SMILES string of the molecule is C[C@H](CCc1ccccc1)NC(=O)c1cn[nH]c1-c1ccccc1. The summed E-state index contributed by atoms with van der Waals surface area (Å²) in [4.78, 5) is 12.6. The Morgan fingerprint density at radius 1 is 1.08 bits per heavy atom. The summed E-state index contributed by atoms with van der Waals surface area (Å²) >= 11 is 0. The number of nitrogens with zero attached hydrogens (tertiary/aromatic N) is 1. The summed E-state index contributed by atoms with van der Waals surface area (Å²) in [6.45, 7) is 2.03. The Bertz CT molecular complexity index is 781. The zero-order valence-electron chi connectivity index (χ0n) is 13.7. The summed E-state index contributed by atoms with van der Waals surface area (Å²) in [7, 11) is 0. The maximum absolute atomic E-state index is 12.6. The highest BCUT2D eigenvalue weighted by molar-refractivity contribution is 5.99. The Labute approximate surface area is 141 Å². The summed E-state index contributed by atoms with van der Waals surface area (Å²) in [6, 6.07) is 20.2. The minimum Gasteiger partial charge on any atom is -0.349 e. The molecule has 122 valence electrons. The first-order valence-electron chi connectivity index (χ1n) is 8.17. The van der Waals surface area contributed by atoms with Gasteiger partial charge in [-0.25, -0.2) is 0 Å². The largest absolute Gasteiger partial charge is 0.349 e. The summed E-state index contributed by atoms with van der Waals surface area (Å²) in [5.41, 5.74) is 3.57. The molecular formula is C20H21N3O. The fourth-order valence-electron chi connectivity index (χ4n) is 2.68. The van der Waals surface area contributed by atoms with Crippen LogP contribution in [0, 0.1) is 0 Å². The molecule has 0 unspecified atom stereocenters. The number of aromatic amines is 1. The van der Waals surface area contributed by atoms with Crippen molar-refractivity contribution in [1.82, 2.24) is 15.5 Å². The van der Waals surface area contributed by atoms with Gasteiger partial charge in [0.2, 0.25) is 0 Å². The van der Waals surface area contributed by atoms with E-state index in [1.807, 2.05) is 55.5 Å². The van der Waals surface area contributed by atoms with Crippen LogP contribution in [0.2, 0.25) is 0 Å². The maximum Gasteiger partial charge on any atom is 0.255 e. The van der Waals surface area contributed by atoms with Crippen molar-refractivity contribution in [2.45, 2.75) is 25.8 Å². The van der Waals surface area contributed by atoms with Gasteiger partial charge >= 0.3 is 0 Å². The Kier molecular flexibility index (Phi) is 5.06. The molecule has 3 rings (SSSR count). The first-order valence-corrected chi connectivity index (χ1v) is 8.17. The molecule has 1 atom stereocenters. The van der Waals surface area contributed by atoms with Gasteiger partial charge in [0.25, 0.3) is 5.91 Å². The van der Waals surface area contributed by atoms with Crippen molar-refractivity contribution in [3.63, 3.8) is 0 Å². The second kappa shape index (κ2) is 7.59. The molecule has 4 nitrogen and oxygen atoms in total. The molecule has 0 aliphatic heterocycles. The van der Waals surface area contributed by atoms with Gasteiger partial charge in [-0.15, -0.1) is 0 Å². The zero-order valence-corrected chi connectivity index (χ0v) is 13.7. The number of hydrogen-bond acceptors (Lipinski definition) is 2. The molecule has 3 aromatic rings. The van der Waals surface area contributed by atoms with Gasteiger partial charge in [-0.05, 0) is 25.3 Å². The summed E-state index contributed by atoms with van der Waals surface area (Å²) in [5, 5.41) is 10.0. The van der Waals surface area contributed by atoms with E-state index in [9.17, 15) is 4.79 Å². The van der Waals surface area contributed by atoms with Crippen molar-refractivity contribution in [2.24, 2.45) is 0 Å². The molecule has 0 spiro atoms. The van der Waals surface area contributed by atoms with E-state index in [1.54, 1.807) is 6.20 Å². The smallest absolute Gasteiger partial charge is 0.255 e. The van der Waals surface area contributed by atoms with Crippen LogP contribution >= 0.6 is 0 Å². The molecule has 4 heteroatoms. The first-order chi connectivity index (χ1) is 11.7. The quantitative estimate of drug-likeness (QED) is 0.725. The molecule has 2 aromatic carbocycles. The van der Waals surface area contributed by atoms with Crippen LogP contribution in [0.15, 0.2) is 66.9 Å². The number of carbonyl (C=O) groups is 1. The monoisotopic (exact) mass is 319 g/mol. The molecule has 1 aromatic heterocycles. The molecule has 0 bridgehead atoms. The maximum atomic E-state index is 12.6. The van der Waals surface area contributed by atoms with Crippen molar-refractivity contribution in [1.29, 1.82) is 0 Å². The van der Waals surface area contributed by atoms with Crippen LogP contribution in [-0.2, 0) is 6.42 Å². The van der Waals surface area contributed by atoms with Crippen LogP contribution in [0.1, 0.15) is 29.3 Å². The normalized spacial score (nSPS) is 11.9. The van der Waals surface area contributed by atoms with Crippen LogP contribution < -0.4 is 5.32 Å². The highest BCUT2D eigenvalue weighted by Crippen LogP contribution is 2.20. The second-order valence-electron chi connectivity index (χ2n) is 5.92. The van der Waals surface area contributed by atoms with Crippen molar-refractivity contribution in [3.05, 3.63) is 78.0 Å². The van der Waals surface area contributed by atoms with Crippen LogP contribution in [0.3, 0.4) is 0 Å². The van der Waals surface area contributed by atoms with Crippen LogP contribution in [0.4, 0.5) is 0 Å². The van der Waals surface area contributed by atoms with Gasteiger partial charge in [0.05, 0.1) is 17.5 Å². The van der Waals surface area contributed by atoms with E-state index < -0.39 is 0 Å². The van der Waals surface area contributed by atoms with Crippen molar-refractivity contribution in [2.75, 3.05) is 0 Å². The number of aryl methyl sites for hydroxylation is 1. The number of nitrogens with one attached hydrogen (secondary N) is 2. The highest BCUT2D eigenvalue weighted by Gasteiger charge is 2.16. The fourth-order valence-corrected chi connectivity index (χ4v) is 2.68. The second-order valence-corrected chi connectivity index (χ2v) is 5.92. The van der Waals surface area contributed by atoms with Gasteiger partial charge in [0, 0.05) is 11.6 Å². The van der Waals surface area contributed by atoms with E-state index in [0.717, 1.165) is 24.1 Å².